The summed E-state index contributed by atoms with van der Waals surface area (Å²) in [5.41, 5.74) is 0. The molecule has 0 radical (unpaired) electrons. The summed E-state index contributed by atoms with van der Waals surface area (Å²) < 4.78 is 58.2. The number of carbonyl (C=O) groups excluding carboxylic acids is 1. The molecule has 4 N–H and O–H groups in total. The number of aliphatic hydroxyl groups is 3. The standard InChI is InChI=1S/C32H58O12S/c1-3-5-7-9-10-11-12-13-14-15-16-17-18-20-22-40-24-26(42-28(34)21-19-8-6-4-2)25-41-32-30(36)31(44-45(37,38)39)29(35)27(23-33)43-32/h7,9,11-12,26-27,29-33,35-36H,3-6,8,10,13-25H2,1-2H3,(H,37,38,39)/b9-7-,12-11-. The van der Waals surface area contributed by atoms with Gasteiger partial charge in [-0.1, -0.05) is 89.5 Å². The summed E-state index contributed by atoms with van der Waals surface area (Å²) in [6, 6.07) is 0. The summed E-state index contributed by atoms with van der Waals surface area (Å²) in [7, 11) is -5.05. The zero-order valence-electron chi connectivity index (χ0n) is 27.2. The highest BCUT2D eigenvalue weighted by atomic mass is 32.3. The van der Waals surface area contributed by atoms with Crippen LogP contribution in [0.15, 0.2) is 24.3 Å². The number of rotatable bonds is 27. The molecule has 1 fully saturated rings. The van der Waals surface area contributed by atoms with E-state index in [1.165, 1.54) is 19.3 Å². The number of hydrogen-bond donors (Lipinski definition) is 4. The lowest BCUT2D eigenvalue weighted by atomic mass is 9.99. The predicted molar refractivity (Wildman–Crippen MR) is 170 cm³/mol. The molecule has 45 heavy (non-hydrogen) atoms. The van der Waals surface area contributed by atoms with E-state index >= 15 is 0 Å². The van der Waals surface area contributed by atoms with Crippen molar-refractivity contribution in [3.05, 3.63) is 24.3 Å². The molecule has 0 spiro atoms. The lowest BCUT2D eigenvalue weighted by Gasteiger charge is -2.41. The quantitative estimate of drug-likeness (QED) is 0.0416. The monoisotopic (exact) mass is 666 g/mol. The lowest BCUT2D eigenvalue weighted by Crippen LogP contribution is -2.60. The first-order chi connectivity index (χ1) is 21.6. The largest absolute Gasteiger partial charge is 0.457 e. The summed E-state index contributed by atoms with van der Waals surface area (Å²) in [5.74, 6) is -0.424. The fourth-order valence-corrected chi connectivity index (χ4v) is 5.27. The van der Waals surface area contributed by atoms with Crippen LogP contribution in [0.2, 0.25) is 0 Å². The predicted octanol–water partition coefficient (Wildman–Crippen LogP) is 4.56. The molecule has 0 aromatic heterocycles. The molecule has 0 aromatic carbocycles. The maximum Gasteiger partial charge on any atom is 0.397 e. The molecular formula is C32H58O12S. The summed E-state index contributed by atoms with van der Waals surface area (Å²) in [4.78, 5) is 12.5. The molecule has 1 aliphatic heterocycles. The van der Waals surface area contributed by atoms with Crippen molar-refractivity contribution in [3.63, 3.8) is 0 Å². The van der Waals surface area contributed by atoms with Gasteiger partial charge < -0.3 is 34.3 Å². The van der Waals surface area contributed by atoms with Crippen LogP contribution in [0.4, 0.5) is 0 Å². The van der Waals surface area contributed by atoms with Gasteiger partial charge in [-0.25, -0.2) is 4.18 Å². The molecule has 264 valence electrons. The number of allylic oxidation sites excluding steroid dienone is 4. The molecule has 13 heteroatoms. The smallest absolute Gasteiger partial charge is 0.397 e. The van der Waals surface area contributed by atoms with Gasteiger partial charge in [-0.15, -0.1) is 0 Å². The first kappa shape index (κ1) is 41.6. The molecule has 1 rings (SSSR count). The molecule has 0 aromatic rings. The van der Waals surface area contributed by atoms with E-state index in [0.717, 1.165) is 64.2 Å². The third-order valence-corrected chi connectivity index (χ3v) is 7.77. The average molecular weight is 667 g/mol. The van der Waals surface area contributed by atoms with Crippen molar-refractivity contribution in [2.24, 2.45) is 0 Å². The molecule has 6 atom stereocenters. The average Bonchev–Trinajstić information content (AvgIpc) is 3.00. The van der Waals surface area contributed by atoms with Gasteiger partial charge in [-0.2, -0.15) is 8.42 Å². The van der Waals surface area contributed by atoms with Gasteiger partial charge in [-0.3, -0.25) is 9.35 Å². The molecule has 0 bridgehead atoms. The molecule has 0 aliphatic carbocycles. The van der Waals surface area contributed by atoms with E-state index in [1.807, 2.05) is 0 Å². The van der Waals surface area contributed by atoms with Crippen molar-refractivity contribution in [1.29, 1.82) is 0 Å². The van der Waals surface area contributed by atoms with Crippen LogP contribution >= 0.6 is 0 Å². The van der Waals surface area contributed by atoms with E-state index in [9.17, 15) is 28.5 Å². The molecule has 12 nitrogen and oxygen atoms in total. The Hall–Kier alpha value is -1.42. The zero-order valence-corrected chi connectivity index (χ0v) is 28.0. The van der Waals surface area contributed by atoms with Crippen molar-refractivity contribution in [2.45, 2.75) is 147 Å². The Morgan fingerprint density at radius 2 is 1.51 bits per heavy atom. The van der Waals surface area contributed by atoms with Crippen molar-refractivity contribution in [3.8, 4) is 0 Å². The molecule has 1 saturated heterocycles. The van der Waals surface area contributed by atoms with Crippen LogP contribution in [0.1, 0.15) is 110 Å². The Morgan fingerprint density at radius 3 is 2.18 bits per heavy atom. The van der Waals surface area contributed by atoms with E-state index in [2.05, 4.69) is 42.3 Å². The number of ether oxygens (including phenoxy) is 4. The number of aliphatic hydroxyl groups excluding tert-OH is 3. The first-order valence-corrected chi connectivity index (χ1v) is 18.0. The summed E-state index contributed by atoms with van der Waals surface area (Å²) in [6.07, 6.45) is 14.4. The van der Waals surface area contributed by atoms with E-state index in [0.29, 0.717) is 13.0 Å². The maximum absolute atomic E-state index is 12.5. The Bertz CT molecular complexity index is 910. The summed E-state index contributed by atoms with van der Waals surface area (Å²) in [6.45, 7) is 3.72. The molecule has 0 amide bonds. The Morgan fingerprint density at radius 1 is 0.844 bits per heavy atom. The van der Waals surface area contributed by atoms with Gasteiger partial charge in [0.05, 0.1) is 19.8 Å². The fraction of sp³-hybridized carbons (Fsp3) is 0.844. The highest BCUT2D eigenvalue weighted by molar-refractivity contribution is 7.80. The second kappa shape index (κ2) is 25.6. The maximum atomic E-state index is 12.5. The van der Waals surface area contributed by atoms with Gasteiger partial charge in [0, 0.05) is 13.0 Å². The summed E-state index contributed by atoms with van der Waals surface area (Å²) >= 11 is 0. The number of unbranched alkanes of at least 4 members (excludes halogenated alkanes) is 10. The van der Waals surface area contributed by atoms with Crippen LogP contribution < -0.4 is 0 Å². The molecule has 1 heterocycles. The Kier molecular flexibility index (Phi) is 23.7. The Labute approximate surface area is 270 Å². The summed E-state index contributed by atoms with van der Waals surface area (Å²) in [5, 5.41) is 30.3. The van der Waals surface area contributed by atoms with Gasteiger partial charge in [0.25, 0.3) is 0 Å². The highest BCUT2D eigenvalue weighted by Crippen LogP contribution is 2.26. The van der Waals surface area contributed by atoms with Crippen LogP contribution in [-0.2, 0) is 38.3 Å². The highest BCUT2D eigenvalue weighted by Gasteiger charge is 2.48. The van der Waals surface area contributed by atoms with E-state index in [4.69, 9.17) is 23.5 Å². The lowest BCUT2D eigenvalue weighted by molar-refractivity contribution is -0.301. The van der Waals surface area contributed by atoms with Crippen molar-refractivity contribution >= 4 is 16.4 Å². The zero-order chi connectivity index (χ0) is 33.3. The second-order valence-electron chi connectivity index (χ2n) is 11.4. The van der Waals surface area contributed by atoms with Crippen molar-refractivity contribution < 1.29 is 56.2 Å². The molecule has 6 unspecified atom stereocenters. The van der Waals surface area contributed by atoms with Gasteiger partial charge in [-0.05, 0) is 38.5 Å². The number of esters is 1. The van der Waals surface area contributed by atoms with Crippen LogP contribution in [0.3, 0.4) is 0 Å². The SMILES string of the molecule is CCC/C=C\C/C=C\CCCCCCCCOCC(COC1OC(CO)C(O)C(OS(=O)(=O)O)C1O)OC(=O)CCCCCC. The first-order valence-electron chi connectivity index (χ1n) is 16.6. The van der Waals surface area contributed by atoms with Gasteiger partial charge in [0.15, 0.2) is 6.29 Å². The van der Waals surface area contributed by atoms with Gasteiger partial charge in [0.1, 0.15) is 30.5 Å². The van der Waals surface area contributed by atoms with Crippen LogP contribution in [0, 0.1) is 0 Å². The minimum atomic E-state index is -5.05. The second-order valence-corrected chi connectivity index (χ2v) is 12.5. The van der Waals surface area contributed by atoms with Gasteiger partial charge >= 0.3 is 16.4 Å². The van der Waals surface area contributed by atoms with Crippen LogP contribution in [-0.4, -0.2) is 97.5 Å². The van der Waals surface area contributed by atoms with Gasteiger partial charge in [0.2, 0.25) is 0 Å². The van der Waals surface area contributed by atoms with E-state index in [1.54, 1.807) is 0 Å². The minimum Gasteiger partial charge on any atom is -0.457 e. The number of hydrogen-bond acceptors (Lipinski definition) is 11. The van der Waals surface area contributed by atoms with Crippen molar-refractivity contribution in [1.82, 2.24) is 0 Å². The normalized spacial score (nSPS) is 23.2. The minimum absolute atomic E-state index is 0.0283. The fourth-order valence-electron chi connectivity index (χ4n) is 4.77. The van der Waals surface area contributed by atoms with E-state index < -0.39 is 59.8 Å². The van der Waals surface area contributed by atoms with E-state index in [-0.39, 0.29) is 19.6 Å². The third kappa shape index (κ3) is 20.4. The van der Waals surface area contributed by atoms with Crippen LogP contribution in [0.25, 0.3) is 0 Å². The molecular weight excluding hydrogens is 608 g/mol. The topological polar surface area (TPSA) is 178 Å². The van der Waals surface area contributed by atoms with Crippen molar-refractivity contribution in [2.75, 3.05) is 26.4 Å². The van der Waals surface area contributed by atoms with Crippen LogP contribution in [0.5, 0.6) is 0 Å². The molecule has 0 saturated carbocycles. The molecule has 1 aliphatic rings. The third-order valence-electron chi connectivity index (χ3n) is 7.31. The Balaban J connectivity index is 2.48. The number of carbonyl (C=O) groups is 1.